The number of benzene rings is 2. The molecule has 28 heavy (non-hydrogen) atoms. The first kappa shape index (κ1) is 18.5. The van der Waals surface area contributed by atoms with Crippen LogP contribution < -0.4 is 4.90 Å². The Bertz CT molecular complexity index is 1080. The van der Waals surface area contributed by atoms with Gasteiger partial charge in [-0.15, -0.1) is 11.3 Å². The van der Waals surface area contributed by atoms with E-state index in [1.807, 2.05) is 13.0 Å². The van der Waals surface area contributed by atoms with Crippen LogP contribution >= 0.6 is 11.3 Å². The number of carbonyl (C=O) groups excluding carboxylic acids is 2. The first-order valence-electron chi connectivity index (χ1n) is 8.87. The van der Waals surface area contributed by atoms with Crippen molar-refractivity contribution in [1.29, 1.82) is 0 Å². The summed E-state index contributed by atoms with van der Waals surface area (Å²) in [6.07, 6.45) is -0.351. The number of carbonyl (C=O) groups is 2. The normalized spacial score (nSPS) is 18.4. The van der Waals surface area contributed by atoms with Crippen molar-refractivity contribution < 1.29 is 19.1 Å². The van der Waals surface area contributed by atoms with Gasteiger partial charge in [0.1, 0.15) is 5.82 Å². The topological polar surface area (TPSA) is 57.6 Å². The molecule has 1 aliphatic rings. The van der Waals surface area contributed by atoms with E-state index in [1.165, 1.54) is 22.3 Å². The summed E-state index contributed by atoms with van der Waals surface area (Å²) in [4.78, 5) is 28.7. The number of rotatable bonds is 5. The molecule has 4 nitrogen and oxygen atoms in total. The largest absolute Gasteiger partial charge is 0.375 e. The average molecular weight is 395 g/mol. The van der Waals surface area contributed by atoms with Crippen LogP contribution in [0, 0.1) is 12.7 Å². The molecule has 0 aliphatic carbocycles. The molecule has 0 saturated heterocycles. The number of amides is 1. The van der Waals surface area contributed by atoms with Crippen molar-refractivity contribution in [3.63, 3.8) is 0 Å². The second kappa shape index (κ2) is 6.96. The maximum atomic E-state index is 14.1. The second-order valence-electron chi connectivity index (χ2n) is 6.87. The fourth-order valence-corrected chi connectivity index (χ4v) is 4.34. The summed E-state index contributed by atoms with van der Waals surface area (Å²) < 4.78 is 14.1. The zero-order chi connectivity index (χ0) is 19.9. The van der Waals surface area contributed by atoms with Gasteiger partial charge in [0.15, 0.2) is 11.4 Å². The molecule has 1 aliphatic heterocycles. The van der Waals surface area contributed by atoms with Crippen molar-refractivity contribution in [2.45, 2.75) is 25.5 Å². The highest BCUT2D eigenvalue weighted by atomic mass is 32.1. The first-order chi connectivity index (χ1) is 13.4. The van der Waals surface area contributed by atoms with Crippen LogP contribution in [0.1, 0.15) is 32.1 Å². The van der Waals surface area contributed by atoms with Crippen LogP contribution in [0.2, 0.25) is 0 Å². The lowest BCUT2D eigenvalue weighted by molar-refractivity contribution is -0.136. The van der Waals surface area contributed by atoms with Crippen molar-refractivity contribution in [3.8, 4) is 0 Å². The quantitative estimate of drug-likeness (QED) is 0.659. The number of nitrogens with zero attached hydrogens (tertiary/aromatic N) is 1. The zero-order valence-electron chi connectivity index (χ0n) is 15.2. The lowest BCUT2D eigenvalue weighted by Gasteiger charge is -2.22. The number of anilines is 1. The molecule has 0 fully saturated rings. The SMILES string of the molecule is Cc1ccc(C(=O)CC2(O)C(=O)N(Cc3ccccc3F)c3ccccc32)s1. The van der Waals surface area contributed by atoms with Gasteiger partial charge in [0.25, 0.3) is 5.91 Å². The predicted molar refractivity (Wildman–Crippen MR) is 106 cm³/mol. The number of para-hydroxylation sites is 1. The van der Waals surface area contributed by atoms with Crippen LogP contribution in [-0.4, -0.2) is 16.8 Å². The van der Waals surface area contributed by atoms with E-state index in [0.717, 1.165) is 4.88 Å². The highest BCUT2D eigenvalue weighted by Crippen LogP contribution is 2.43. The Morgan fingerprint density at radius 2 is 1.82 bits per heavy atom. The molecular weight excluding hydrogens is 377 g/mol. The number of hydrogen-bond donors (Lipinski definition) is 1. The van der Waals surface area contributed by atoms with E-state index in [9.17, 15) is 19.1 Å². The van der Waals surface area contributed by atoms with Crippen molar-refractivity contribution in [1.82, 2.24) is 0 Å². The molecule has 1 aromatic heterocycles. The van der Waals surface area contributed by atoms with Crippen LogP contribution in [0.25, 0.3) is 0 Å². The fourth-order valence-electron chi connectivity index (χ4n) is 3.54. The summed E-state index contributed by atoms with van der Waals surface area (Å²) in [6.45, 7) is 1.87. The van der Waals surface area contributed by atoms with Crippen LogP contribution in [-0.2, 0) is 16.9 Å². The molecule has 1 amide bonds. The average Bonchev–Trinajstić information content (AvgIpc) is 3.20. The highest BCUT2D eigenvalue weighted by Gasteiger charge is 2.51. The van der Waals surface area contributed by atoms with Crippen molar-refractivity contribution >= 4 is 28.7 Å². The minimum Gasteiger partial charge on any atom is -0.375 e. The zero-order valence-corrected chi connectivity index (χ0v) is 16.0. The van der Waals surface area contributed by atoms with Gasteiger partial charge in [0, 0.05) is 16.0 Å². The van der Waals surface area contributed by atoms with Crippen molar-refractivity contribution in [3.05, 3.63) is 87.4 Å². The Kier molecular flexibility index (Phi) is 4.61. The Morgan fingerprint density at radius 1 is 1.11 bits per heavy atom. The molecule has 1 N–H and O–H groups in total. The van der Waals surface area contributed by atoms with Gasteiger partial charge < -0.3 is 10.0 Å². The number of fused-ring (bicyclic) bond motifs is 1. The van der Waals surface area contributed by atoms with Gasteiger partial charge in [0.2, 0.25) is 0 Å². The smallest absolute Gasteiger partial charge is 0.264 e. The van der Waals surface area contributed by atoms with Gasteiger partial charge in [-0.3, -0.25) is 9.59 Å². The molecule has 0 bridgehead atoms. The van der Waals surface area contributed by atoms with E-state index in [0.29, 0.717) is 21.7 Å². The van der Waals surface area contributed by atoms with E-state index in [4.69, 9.17) is 0 Å². The second-order valence-corrected chi connectivity index (χ2v) is 8.16. The van der Waals surface area contributed by atoms with Gasteiger partial charge in [-0.25, -0.2) is 4.39 Å². The molecule has 2 aromatic carbocycles. The van der Waals surface area contributed by atoms with E-state index in [-0.39, 0.29) is 18.7 Å². The number of aliphatic hydroxyl groups is 1. The third-order valence-corrected chi connectivity index (χ3v) is 6.00. The Hall–Kier alpha value is -2.83. The number of thiophene rings is 1. The standard InChI is InChI=1S/C22H18FNO3S/c1-14-10-11-20(28-14)19(25)12-22(27)16-7-3-5-9-18(16)24(21(22)26)13-15-6-2-4-8-17(15)23/h2-11,27H,12-13H2,1H3. The van der Waals surface area contributed by atoms with Crippen molar-refractivity contribution in [2.75, 3.05) is 4.90 Å². The predicted octanol–water partition coefficient (Wildman–Crippen LogP) is 4.20. The molecule has 0 radical (unpaired) electrons. The maximum absolute atomic E-state index is 14.1. The third kappa shape index (κ3) is 3.04. The van der Waals surface area contributed by atoms with Gasteiger partial charge in [-0.05, 0) is 31.2 Å². The summed E-state index contributed by atoms with van der Waals surface area (Å²) in [5.41, 5.74) is -0.752. The molecule has 0 saturated carbocycles. The monoisotopic (exact) mass is 395 g/mol. The number of halogens is 1. The van der Waals surface area contributed by atoms with Crippen LogP contribution in [0.15, 0.2) is 60.7 Å². The van der Waals surface area contributed by atoms with Gasteiger partial charge in [0.05, 0.1) is 23.5 Å². The molecular formula is C22H18FNO3S. The number of Topliss-reactive ketones (excluding diaryl/α,β-unsaturated/α-hetero) is 1. The number of aryl methyl sites for hydroxylation is 1. The molecule has 1 atom stereocenters. The Morgan fingerprint density at radius 3 is 2.54 bits per heavy atom. The summed E-state index contributed by atoms with van der Waals surface area (Å²) in [6, 6.07) is 16.5. The van der Waals surface area contributed by atoms with Crippen LogP contribution in [0.4, 0.5) is 10.1 Å². The highest BCUT2D eigenvalue weighted by molar-refractivity contribution is 7.14. The number of ketones is 1. The van der Waals surface area contributed by atoms with E-state index in [1.54, 1.807) is 48.5 Å². The summed E-state index contributed by atoms with van der Waals surface area (Å²) in [7, 11) is 0. The summed E-state index contributed by atoms with van der Waals surface area (Å²) >= 11 is 1.33. The minimum atomic E-state index is -1.96. The first-order valence-corrected chi connectivity index (χ1v) is 9.69. The molecule has 2 heterocycles. The van der Waals surface area contributed by atoms with Gasteiger partial charge in [-0.1, -0.05) is 36.4 Å². The van der Waals surface area contributed by atoms with E-state index < -0.39 is 17.3 Å². The van der Waals surface area contributed by atoms with Gasteiger partial charge >= 0.3 is 0 Å². The molecule has 142 valence electrons. The molecule has 6 heteroatoms. The molecule has 4 rings (SSSR count). The Labute approximate surface area is 165 Å². The maximum Gasteiger partial charge on any atom is 0.264 e. The molecule has 3 aromatic rings. The van der Waals surface area contributed by atoms with Crippen LogP contribution in [0.3, 0.4) is 0 Å². The molecule has 1 unspecified atom stereocenters. The fraction of sp³-hybridized carbons (Fsp3) is 0.182. The third-order valence-electron chi connectivity index (χ3n) is 4.96. The van der Waals surface area contributed by atoms with Crippen molar-refractivity contribution in [2.24, 2.45) is 0 Å². The minimum absolute atomic E-state index is 0.0167. The summed E-state index contributed by atoms with van der Waals surface area (Å²) in [5.74, 6) is -1.33. The van der Waals surface area contributed by atoms with Gasteiger partial charge in [-0.2, -0.15) is 0 Å². The lowest BCUT2D eigenvalue weighted by Crippen LogP contribution is -2.41. The van der Waals surface area contributed by atoms with Crippen LogP contribution in [0.5, 0.6) is 0 Å². The lowest BCUT2D eigenvalue weighted by atomic mass is 9.89. The number of hydrogen-bond acceptors (Lipinski definition) is 4. The van der Waals surface area contributed by atoms with E-state index in [2.05, 4.69) is 0 Å². The summed E-state index contributed by atoms with van der Waals surface area (Å²) in [5, 5.41) is 11.3. The van der Waals surface area contributed by atoms with E-state index >= 15 is 0 Å². The Balaban J connectivity index is 1.70. The molecule has 0 spiro atoms.